The lowest BCUT2D eigenvalue weighted by Gasteiger charge is -2.10. The summed E-state index contributed by atoms with van der Waals surface area (Å²) >= 11 is 3.36. The molecule has 10 nitrogen and oxygen atoms in total. The first-order chi connectivity index (χ1) is 17.9. The van der Waals surface area contributed by atoms with Gasteiger partial charge in [-0.25, -0.2) is 5.43 Å². The highest BCUT2D eigenvalue weighted by Crippen LogP contribution is 2.22. The second kappa shape index (κ2) is 13.6. The van der Waals surface area contributed by atoms with Crippen LogP contribution in [0.1, 0.15) is 11.1 Å². The van der Waals surface area contributed by atoms with Crippen molar-refractivity contribution in [2.24, 2.45) is 5.10 Å². The number of anilines is 1. The van der Waals surface area contributed by atoms with Gasteiger partial charge in [-0.15, -0.1) is 0 Å². The van der Waals surface area contributed by atoms with Crippen LogP contribution in [0.5, 0.6) is 17.2 Å². The number of methoxy groups -OCH3 is 2. The minimum absolute atomic E-state index is 0.169. The first kappa shape index (κ1) is 27.2. The molecule has 0 bridgehead atoms. The number of hydrogen-bond acceptors (Lipinski definition) is 7. The molecule has 37 heavy (non-hydrogen) atoms. The van der Waals surface area contributed by atoms with Crippen molar-refractivity contribution >= 4 is 45.6 Å². The van der Waals surface area contributed by atoms with Crippen molar-refractivity contribution in [1.29, 1.82) is 0 Å². The molecule has 3 amide bonds. The van der Waals surface area contributed by atoms with E-state index in [2.05, 4.69) is 37.1 Å². The Morgan fingerprint density at radius 2 is 1.54 bits per heavy atom. The molecular weight excluding hydrogens is 544 g/mol. The monoisotopic (exact) mass is 568 g/mol. The van der Waals surface area contributed by atoms with E-state index in [0.717, 1.165) is 10.0 Å². The molecule has 0 saturated heterocycles. The zero-order chi connectivity index (χ0) is 26.6. The van der Waals surface area contributed by atoms with Crippen LogP contribution >= 0.6 is 15.9 Å². The fourth-order valence-corrected chi connectivity index (χ4v) is 3.36. The number of nitrogens with zero attached hydrogens (tertiary/aromatic N) is 1. The molecule has 11 heteroatoms. The predicted octanol–water partition coefficient (Wildman–Crippen LogP) is 3.25. The summed E-state index contributed by atoms with van der Waals surface area (Å²) < 4.78 is 16.5. The molecule has 0 aliphatic heterocycles. The Hall–Kier alpha value is -4.38. The van der Waals surface area contributed by atoms with Crippen molar-refractivity contribution in [3.05, 3.63) is 82.3 Å². The van der Waals surface area contributed by atoms with Crippen LogP contribution in [0.3, 0.4) is 0 Å². The smallest absolute Gasteiger partial charge is 0.329 e. The largest absolute Gasteiger partial charge is 0.497 e. The lowest BCUT2D eigenvalue weighted by Crippen LogP contribution is -2.37. The van der Waals surface area contributed by atoms with Crippen LogP contribution in [0.25, 0.3) is 0 Å². The van der Waals surface area contributed by atoms with Gasteiger partial charge in [-0.05, 0) is 60.2 Å². The molecule has 0 aliphatic carbocycles. The van der Waals surface area contributed by atoms with Crippen LogP contribution in [0, 0.1) is 0 Å². The summed E-state index contributed by atoms with van der Waals surface area (Å²) in [6, 6.07) is 19.0. The van der Waals surface area contributed by atoms with E-state index in [1.54, 1.807) is 80.9 Å². The number of carbonyl (C=O) groups is 3. The van der Waals surface area contributed by atoms with Gasteiger partial charge in [-0.3, -0.25) is 14.4 Å². The zero-order valence-corrected chi connectivity index (χ0v) is 21.7. The normalized spacial score (nSPS) is 10.5. The minimum Gasteiger partial charge on any atom is -0.497 e. The van der Waals surface area contributed by atoms with E-state index in [0.29, 0.717) is 28.5 Å². The van der Waals surface area contributed by atoms with Gasteiger partial charge in [0.1, 0.15) is 17.2 Å². The number of ether oxygens (including phenoxy) is 3. The highest BCUT2D eigenvalue weighted by molar-refractivity contribution is 9.10. The summed E-state index contributed by atoms with van der Waals surface area (Å²) in [5, 5.41) is 9.08. The predicted molar refractivity (Wildman–Crippen MR) is 142 cm³/mol. The molecule has 192 valence electrons. The van der Waals surface area contributed by atoms with E-state index in [9.17, 15) is 14.4 Å². The van der Waals surface area contributed by atoms with Gasteiger partial charge in [-0.1, -0.05) is 28.1 Å². The number of benzene rings is 3. The number of halogens is 1. The maximum atomic E-state index is 12.3. The van der Waals surface area contributed by atoms with Gasteiger partial charge in [0.05, 0.1) is 20.4 Å². The summed E-state index contributed by atoms with van der Waals surface area (Å²) in [4.78, 5) is 36.4. The summed E-state index contributed by atoms with van der Waals surface area (Å²) in [6.07, 6.45) is 1.32. The standard InChI is InChI=1S/C26H25BrN4O6/c1-35-21-8-3-17(4-9-21)14-28-25(33)26(34)31-29-15-18-13-19(27)5-12-23(18)37-16-24(32)30-20-6-10-22(36-2)11-7-20/h3-13,15H,14,16H2,1-2H3,(H,28,33)(H,30,32)(H,31,34)/b29-15-. The van der Waals surface area contributed by atoms with E-state index in [4.69, 9.17) is 14.2 Å². The minimum atomic E-state index is -0.930. The Morgan fingerprint density at radius 3 is 2.19 bits per heavy atom. The SMILES string of the molecule is COc1ccc(CNC(=O)C(=O)N/N=C\c2cc(Br)ccc2OCC(=O)Nc2ccc(OC)cc2)cc1. The van der Waals surface area contributed by atoms with Crippen molar-refractivity contribution < 1.29 is 28.6 Å². The van der Waals surface area contributed by atoms with Crippen molar-refractivity contribution in [2.45, 2.75) is 6.54 Å². The number of hydrazone groups is 1. The highest BCUT2D eigenvalue weighted by Gasteiger charge is 2.13. The Labute approximate surface area is 222 Å². The van der Waals surface area contributed by atoms with Crippen LogP contribution in [0.4, 0.5) is 5.69 Å². The Balaban J connectivity index is 1.51. The Morgan fingerprint density at radius 1 is 0.892 bits per heavy atom. The van der Waals surface area contributed by atoms with Crippen LogP contribution in [-0.2, 0) is 20.9 Å². The molecule has 3 aromatic rings. The third-order valence-corrected chi connectivity index (χ3v) is 5.39. The molecule has 0 heterocycles. The molecule has 3 rings (SSSR count). The molecule has 0 atom stereocenters. The van der Waals surface area contributed by atoms with Crippen LogP contribution in [0.2, 0.25) is 0 Å². The third-order valence-electron chi connectivity index (χ3n) is 4.89. The first-order valence-corrected chi connectivity index (χ1v) is 11.8. The molecule has 3 N–H and O–H groups in total. The number of nitrogens with one attached hydrogen (secondary N) is 3. The van der Waals surface area contributed by atoms with E-state index < -0.39 is 11.8 Å². The fraction of sp³-hybridized carbons (Fsp3) is 0.154. The maximum absolute atomic E-state index is 12.3. The number of amides is 3. The zero-order valence-electron chi connectivity index (χ0n) is 20.1. The van der Waals surface area contributed by atoms with Crippen molar-refractivity contribution in [2.75, 3.05) is 26.1 Å². The summed E-state index contributed by atoms with van der Waals surface area (Å²) in [5.41, 5.74) is 4.05. The summed E-state index contributed by atoms with van der Waals surface area (Å²) in [5.74, 6) is -0.409. The second-order valence-electron chi connectivity index (χ2n) is 7.48. The topological polar surface area (TPSA) is 127 Å². The number of carbonyl (C=O) groups excluding carboxylic acids is 3. The average Bonchev–Trinajstić information content (AvgIpc) is 2.91. The van der Waals surface area contributed by atoms with Gasteiger partial charge in [0, 0.05) is 22.3 Å². The van der Waals surface area contributed by atoms with E-state index >= 15 is 0 Å². The van der Waals surface area contributed by atoms with Gasteiger partial charge < -0.3 is 24.8 Å². The Kier molecular flexibility index (Phi) is 10.0. The average molecular weight is 569 g/mol. The molecular formula is C26H25BrN4O6. The number of hydrogen-bond donors (Lipinski definition) is 3. The molecule has 0 spiro atoms. The Bertz CT molecular complexity index is 1260. The lowest BCUT2D eigenvalue weighted by molar-refractivity contribution is -0.139. The van der Waals surface area contributed by atoms with E-state index in [1.165, 1.54) is 6.21 Å². The van der Waals surface area contributed by atoms with Gasteiger partial charge in [0.2, 0.25) is 0 Å². The molecule has 0 aromatic heterocycles. The summed E-state index contributed by atoms with van der Waals surface area (Å²) in [7, 11) is 3.12. The molecule has 0 aliphatic rings. The van der Waals surface area contributed by atoms with Crippen LogP contribution in [0.15, 0.2) is 76.3 Å². The second-order valence-corrected chi connectivity index (χ2v) is 8.39. The summed E-state index contributed by atoms with van der Waals surface area (Å²) in [6.45, 7) is -0.0865. The lowest BCUT2D eigenvalue weighted by atomic mass is 10.2. The molecule has 0 saturated carbocycles. The van der Waals surface area contributed by atoms with Gasteiger partial charge in [-0.2, -0.15) is 5.10 Å². The van der Waals surface area contributed by atoms with Crippen LogP contribution < -0.4 is 30.3 Å². The van der Waals surface area contributed by atoms with Crippen molar-refractivity contribution in [3.63, 3.8) is 0 Å². The molecule has 0 fully saturated rings. The molecule has 0 unspecified atom stereocenters. The van der Waals surface area contributed by atoms with Crippen molar-refractivity contribution in [1.82, 2.24) is 10.7 Å². The fourth-order valence-electron chi connectivity index (χ4n) is 2.98. The first-order valence-electron chi connectivity index (χ1n) is 11.0. The van der Waals surface area contributed by atoms with Gasteiger partial charge in [0.25, 0.3) is 5.91 Å². The highest BCUT2D eigenvalue weighted by atomic mass is 79.9. The van der Waals surface area contributed by atoms with E-state index in [-0.39, 0.29) is 19.1 Å². The van der Waals surface area contributed by atoms with Gasteiger partial charge in [0.15, 0.2) is 6.61 Å². The van der Waals surface area contributed by atoms with Crippen LogP contribution in [-0.4, -0.2) is 44.8 Å². The number of rotatable bonds is 10. The molecule has 0 radical (unpaired) electrons. The van der Waals surface area contributed by atoms with Crippen molar-refractivity contribution in [3.8, 4) is 17.2 Å². The quantitative estimate of drug-likeness (QED) is 0.196. The molecule has 3 aromatic carbocycles. The van der Waals surface area contributed by atoms with Gasteiger partial charge >= 0.3 is 11.8 Å². The maximum Gasteiger partial charge on any atom is 0.329 e. The van der Waals surface area contributed by atoms with E-state index in [1.807, 2.05) is 0 Å². The third kappa shape index (κ3) is 8.65.